The molecule has 0 radical (unpaired) electrons. The number of nitrogens with one attached hydrogen (secondary N) is 1. The maximum atomic E-state index is 12.3. The van der Waals surface area contributed by atoms with E-state index in [1.54, 1.807) is 6.07 Å². The zero-order valence-electron chi connectivity index (χ0n) is 17.0. The van der Waals surface area contributed by atoms with Gasteiger partial charge in [-0.1, -0.05) is 35.5 Å². The quantitative estimate of drug-likeness (QED) is 0.601. The van der Waals surface area contributed by atoms with Crippen molar-refractivity contribution >= 4 is 11.7 Å². The lowest BCUT2D eigenvalue weighted by atomic mass is 10.1. The number of amides is 1. The molecular formula is C22H25N5O3. The number of piperidine rings is 1. The molecule has 30 heavy (non-hydrogen) atoms. The maximum absolute atomic E-state index is 12.3. The lowest BCUT2D eigenvalue weighted by molar-refractivity contribution is 0.0937. The molecule has 8 nitrogen and oxygen atoms in total. The van der Waals surface area contributed by atoms with Crippen molar-refractivity contribution in [3.63, 3.8) is 0 Å². The van der Waals surface area contributed by atoms with Crippen molar-refractivity contribution in [3.8, 4) is 17.2 Å². The molecule has 0 aliphatic carbocycles. The monoisotopic (exact) mass is 407 g/mol. The van der Waals surface area contributed by atoms with Gasteiger partial charge in [0.2, 0.25) is 5.88 Å². The number of hydrogen-bond donors (Lipinski definition) is 1. The third-order valence-electron chi connectivity index (χ3n) is 4.92. The van der Waals surface area contributed by atoms with Gasteiger partial charge in [0.05, 0.1) is 6.54 Å². The molecule has 156 valence electrons. The van der Waals surface area contributed by atoms with E-state index in [0.717, 1.165) is 24.5 Å². The summed E-state index contributed by atoms with van der Waals surface area (Å²) in [6, 6.07) is 13.0. The second-order valence-electron chi connectivity index (χ2n) is 7.21. The summed E-state index contributed by atoms with van der Waals surface area (Å²) in [7, 11) is 0. The number of benzene rings is 1. The zero-order chi connectivity index (χ0) is 20.8. The van der Waals surface area contributed by atoms with E-state index in [4.69, 9.17) is 9.26 Å². The standard InChI is InChI=1S/C22H25N5O3/c1-16-24-20(27-11-6-3-7-12-27)15-21(25-16)29-13-10-23-22(28)18-14-19(30-26-18)17-8-4-2-5-9-17/h2,4-5,8-9,14-15H,3,6-7,10-13H2,1H3,(H,23,28). The molecule has 0 unspecified atom stereocenters. The first-order valence-corrected chi connectivity index (χ1v) is 10.2. The minimum atomic E-state index is -0.308. The van der Waals surface area contributed by atoms with E-state index in [9.17, 15) is 4.79 Å². The van der Waals surface area contributed by atoms with Crippen LogP contribution in [0, 0.1) is 6.92 Å². The molecule has 0 spiro atoms. The average molecular weight is 407 g/mol. The van der Waals surface area contributed by atoms with Gasteiger partial charge >= 0.3 is 0 Å². The van der Waals surface area contributed by atoms with Crippen molar-refractivity contribution in [2.45, 2.75) is 26.2 Å². The fraction of sp³-hybridized carbons (Fsp3) is 0.364. The molecular weight excluding hydrogens is 382 g/mol. The molecule has 1 N–H and O–H groups in total. The molecule has 0 bridgehead atoms. The lowest BCUT2D eigenvalue weighted by Crippen LogP contribution is -2.30. The van der Waals surface area contributed by atoms with Crippen molar-refractivity contribution < 1.29 is 14.1 Å². The molecule has 0 atom stereocenters. The van der Waals surface area contributed by atoms with Crippen LogP contribution < -0.4 is 15.0 Å². The van der Waals surface area contributed by atoms with Crippen molar-refractivity contribution in [1.82, 2.24) is 20.4 Å². The Morgan fingerprint density at radius 2 is 1.93 bits per heavy atom. The number of carbonyl (C=O) groups is 1. The van der Waals surface area contributed by atoms with E-state index in [1.807, 2.05) is 43.3 Å². The SMILES string of the molecule is Cc1nc(OCCNC(=O)c2cc(-c3ccccc3)on2)cc(N2CCCCC2)n1. The van der Waals surface area contributed by atoms with Crippen LogP contribution in [-0.2, 0) is 0 Å². The van der Waals surface area contributed by atoms with Crippen LogP contribution in [0.5, 0.6) is 5.88 Å². The van der Waals surface area contributed by atoms with Gasteiger partial charge in [0.25, 0.3) is 5.91 Å². The Morgan fingerprint density at radius 3 is 2.73 bits per heavy atom. The molecule has 1 saturated heterocycles. The summed E-state index contributed by atoms with van der Waals surface area (Å²) in [6.45, 7) is 4.50. The van der Waals surface area contributed by atoms with E-state index in [2.05, 4.69) is 25.3 Å². The molecule has 1 fully saturated rings. The summed E-state index contributed by atoms with van der Waals surface area (Å²) in [5.41, 5.74) is 1.11. The Labute approximate surface area is 175 Å². The highest BCUT2D eigenvalue weighted by Gasteiger charge is 2.15. The van der Waals surface area contributed by atoms with E-state index in [-0.39, 0.29) is 11.6 Å². The van der Waals surface area contributed by atoms with E-state index < -0.39 is 0 Å². The van der Waals surface area contributed by atoms with E-state index in [0.29, 0.717) is 30.6 Å². The number of aryl methyl sites for hydroxylation is 1. The van der Waals surface area contributed by atoms with Gasteiger partial charge in [-0.25, -0.2) is 4.98 Å². The van der Waals surface area contributed by atoms with Gasteiger partial charge in [-0.3, -0.25) is 4.79 Å². The fourth-order valence-corrected chi connectivity index (χ4v) is 3.42. The van der Waals surface area contributed by atoms with Crippen LogP contribution in [0.1, 0.15) is 35.6 Å². The Balaban J connectivity index is 1.28. The fourth-order valence-electron chi connectivity index (χ4n) is 3.42. The molecule has 8 heteroatoms. The van der Waals surface area contributed by atoms with E-state index in [1.165, 1.54) is 19.3 Å². The Hall–Kier alpha value is -3.42. The summed E-state index contributed by atoms with van der Waals surface area (Å²) < 4.78 is 11.0. The van der Waals surface area contributed by atoms with Crippen LogP contribution in [0.3, 0.4) is 0 Å². The number of nitrogens with zero attached hydrogens (tertiary/aromatic N) is 4. The van der Waals surface area contributed by atoms with Crippen LogP contribution in [-0.4, -0.2) is 47.3 Å². The average Bonchev–Trinajstić information content (AvgIpc) is 3.28. The highest BCUT2D eigenvalue weighted by Crippen LogP contribution is 2.21. The normalized spacial score (nSPS) is 13.8. The third kappa shape index (κ3) is 4.94. The second-order valence-corrected chi connectivity index (χ2v) is 7.21. The Morgan fingerprint density at radius 1 is 1.13 bits per heavy atom. The molecule has 1 amide bonds. The third-order valence-corrected chi connectivity index (χ3v) is 4.92. The number of anilines is 1. The van der Waals surface area contributed by atoms with Crippen molar-refractivity contribution in [3.05, 3.63) is 54.0 Å². The van der Waals surface area contributed by atoms with Crippen molar-refractivity contribution in [2.24, 2.45) is 0 Å². The van der Waals surface area contributed by atoms with Crippen molar-refractivity contribution in [2.75, 3.05) is 31.1 Å². The first-order chi connectivity index (χ1) is 14.7. The molecule has 3 aromatic rings. The largest absolute Gasteiger partial charge is 0.476 e. The van der Waals surface area contributed by atoms with Gasteiger partial charge in [-0.2, -0.15) is 4.98 Å². The highest BCUT2D eigenvalue weighted by atomic mass is 16.5. The number of aromatic nitrogens is 3. The second kappa shape index (κ2) is 9.39. The summed E-state index contributed by atoms with van der Waals surface area (Å²) in [5.74, 6) is 2.34. The van der Waals surface area contributed by atoms with E-state index >= 15 is 0 Å². The lowest BCUT2D eigenvalue weighted by Gasteiger charge is -2.28. The van der Waals surface area contributed by atoms with Gasteiger partial charge in [0.15, 0.2) is 11.5 Å². The first-order valence-electron chi connectivity index (χ1n) is 10.2. The van der Waals surface area contributed by atoms with Crippen LogP contribution >= 0.6 is 0 Å². The van der Waals surface area contributed by atoms with Crippen LogP contribution in [0.2, 0.25) is 0 Å². The molecule has 0 saturated carbocycles. The number of carbonyl (C=O) groups excluding carboxylic acids is 1. The zero-order valence-corrected chi connectivity index (χ0v) is 17.0. The first kappa shape index (κ1) is 19.9. The smallest absolute Gasteiger partial charge is 0.273 e. The molecule has 4 rings (SSSR count). The Kier molecular flexibility index (Phi) is 6.22. The van der Waals surface area contributed by atoms with Crippen molar-refractivity contribution in [1.29, 1.82) is 0 Å². The summed E-state index contributed by atoms with van der Waals surface area (Å²) in [5, 5.41) is 6.64. The molecule has 2 aromatic heterocycles. The van der Waals surface area contributed by atoms with Gasteiger partial charge in [0, 0.05) is 30.8 Å². The summed E-state index contributed by atoms with van der Waals surface area (Å²) in [4.78, 5) is 23.4. The predicted molar refractivity (Wildman–Crippen MR) is 113 cm³/mol. The molecule has 1 aliphatic heterocycles. The summed E-state index contributed by atoms with van der Waals surface area (Å²) in [6.07, 6.45) is 3.63. The minimum absolute atomic E-state index is 0.235. The predicted octanol–water partition coefficient (Wildman–Crippen LogP) is 3.24. The number of ether oxygens (including phenoxy) is 1. The van der Waals surface area contributed by atoms with Gasteiger partial charge < -0.3 is 19.5 Å². The highest BCUT2D eigenvalue weighted by molar-refractivity contribution is 5.93. The van der Waals surface area contributed by atoms with Crippen LogP contribution in [0.15, 0.2) is 47.0 Å². The van der Waals surface area contributed by atoms with Gasteiger partial charge in [0.1, 0.15) is 18.2 Å². The van der Waals surface area contributed by atoms with Gasteiger partial charge in [-0.05, 0) is 26.2 Å². The summed E-state index contributed by atoms with van der Waals surface area (Å²) >= 11 is 0. The molecule has 3 heterocycles. The van der Waals surface area contributed by atoms with Gasteiger partial charge in [-0.15, -0.1) is 0 Å². The molecule has 1 aromatic carbocycles. The minimum Gasteiger partial charge on any atom is -0.476 e. The topological polar surface area (TPSA) is 93.4 Å². The van der Waals surface area contributed by atoms with Crippen LogP contribution in [0.4, 0.5) is 5.82 Å². The number of hydrogen-bond acceptors (Lipinski definition) is 7. The number of rotatable bonds is 7. The van der Waals surface area contributed by atoms with Crippen LogP contribution in [0.25, 0.3) is 11.3 Å². The maximum Gasteiger partial charge on any atom is 0.273 e. The Bertz CT molecular complexity index is 983. The molecule has 1 aliphatic rings.